The normalized spacial score (nSPS) is 20.7. The van der Waals surface area contributed by atoms with Crippen LogP contribution in [0.2, 0.25) is 0 Å². The Morgan fingerprint density at radius 3 is 2.15 bits per heavy atom. The fourth-order valence-electron chi connectivity index (χ4n) is 7.32. The number of phosphoric ester groups is 1. The number of aromatic nitrogens is 2. The molecule has 0 spiro atoms. The summed E-state index contributed by atoms with van der Waals surface area (Å²) in [5, 5.41) is 45.4. The molecule has 1 aliphatic heterocycles. The van der Waals surface area contributed by atoms with E-state index in [2.05, 4.69) is 12.0 Å². The van der Waals surface area contributed by atoms with Crippen LogP contribution in [0.4, 0.5) is 10.1 Å². The molecule has 1 saturated heterocycles. The number of fused-ring (bicyclic) bond motifs is 1. The summed E-state index contributed by atoms with van der Waals surface area (Å²) in [5.41, 5.74) is 5.30. The number of ether oxygens (including phenoxy) is 3. The minimum absolute atomic E-state index is 0.00949. The second-order valence-electron chi connectivity index (χ2n) is 15.4. The molecule has 0 amide bonds. The summed E-state index contributed by atoms with van der Waals surface area (Å²) in [6.45, 7) is 1.35. The quantitative estimate of drug-likeness (QED) is 0.0369. The first kappa shape index (κ1) is 48.2. The number of nitrogen functional groups attached to an aromatic ring is 1. The fraction of sp³-hybridized carbons (Fsp3) is 0.651. The molecule has 1 aromatic carbocycles. The first-order chi connectivity index (χ1) is 28.5. The maximum atomic E-state index is 14.1. The van der Waals surface area contributed by atoms with E-state index in [1.54, 1.807) is 12.1 Å². The predicted octanol–water partition coefficient (Wildman–Crippen LogP) is 8.15. The van der Waals surface area contributed by atoms with Gasteiger partial charge in [-0.2, -0.15) is 15.6 Å². The molecule has 326 valence electrons. The molecule has 6 atom stereocenters. The average molecular weight is 844 g/mol. The predicted molar refractivity (Wildman–Crippen MR) is 220 cm³/mol. The van der Waals surface area contributed by atoms with Crippen molar-refractivity contribution >= 4 is 19.0 Å². The van der Waals surface area contributed by atoms with Crippen LogP contribution in [0.25, 0.3) is 5.52 Å². The highest BCUT2D eigenvalue weighted by Crippen LogP contribution is 2.46. The lowest BCUT2D eigenvalue weighted by Crippen LogP contribution is -2.41. The number of nitriles is 2. The van der Waals surface area contributed by atoms with Gasteiger partial charge in [0.2, 0.25) is 5.60 Å². The maximum absolute atomic E-state index is 14.1. The molecule has 16 heteroatoms. The number of rotatable bonds is 30. The molecule has 4 rings (SSSR count). The number of aliphatic hydroxyl groups is 2. The summed E-state index contributed by atoms with van der Waals surface area (Å²) in [6, 6.07) is 12.2. The Balaban J connectivity index is 1.18. The van der Waals surface area contributed by atoms with Crippen LogP contribution in [0.1, 0.15) is 133 Å². The summed E-state index contributed by atoms with van der Waals surface area (Å²) in [4.78, 5) is 10.6. The van der Waals surface area contributed by atoms with E-state index in [0.717, 1.165) is 25.3 Å². The minimum Gasteiger partial charge on any atom is -0.397 e. The molecule has 5 N–H and O–H groups in total. The number of benzene rings is 1. The van der Waals surface area contributed by atoms with Gasteiger partial charge in [0.15, 0.2) is 0 Å². The number of unbranched alkanes of at least 4 members (excludes halogenated alkanes) is 16. The second kappa shape index (κ2) is 25.3. The van der Waals surface area contributed by atoms with E-state index >= 15 is 0 Å². The molecule has 3 heterocycles. The third-order valence-corrected chi connectivity index (χ3v) is 11.6. The van der Waals surface area contributed by atoms with Crippen molar-refractivity contribution in [2.24, 2.45) is 0 Å². The number of halogens is 1. The highest BCUT2D eigenvalue weighted by atomic mass is 31.2. The molecule has 14 nitrogen and oxygen atoms in total. The van der Waals surface area contributed by atoms with E-state index in [0.29, 0.717) is 23.4 Å². The van der Waals surface area contributed by atoms with Crippen LogP contribution >= 0.6 is 7.82 Å². The van der Waals surface area contributed by atoms with E-state index < -0.39 is 56.9 Å². The average Bonchev–Trinajstić information content (AvgIpc) is 3.77. The smallest absolute Gasteiger partial charge is 0.397 e. The number of aliphatic hydroxyl groups excluding tert-OH is 2. The SMILES string of the molecule is CCCCCCCCCCCCCCCCCCCOC[C@H](COP(=O)(O)OC[C@H]1O[C@@](C#N)(c2ccc3c(N)ccnn23)[C@H](O)[C@@H]1O)OCc1cc(F)cc(C#N)c1. The number of hydrogen-bond donors (Lipinski definition) is 4. The van der Waals surface area contributed by atoms with Crippen molar-refractivity contribution in [3.63, 3.8) is 0 Å². The fourth-order valence-corrected chi connectivity index (χ4v) is 8.08. The Kier molecular flexibility index (Phi) is 20.7. The van der Waals surface area contributed by atoms with Crippen LogP contribution in [-0.2, 0) is 40.0 Å². The van der Waals surface area contributed by atoms with Crippen molar-refractivity contribution in [2.45, 2.75) is 153 Å². The number of anilines is 1. The van der Waals surface area contributed by atoms with Crippen molar-refractivity contribution in [3.05, 3.63) is 65.2 Å². The van der Waals surface area contributed by atoms with Gasteiger partial charge in [0.05, 0.1) is 55.0 Å². The van der Waals surface area contributed by atoms with E-state index in [-0.39, 0.29) is 24.5 Å². The molecule has 1 fully saturated rings. The van der Waals surface area contributed by atoms with Gasteiger partial charge in [-0.15, -0.1) is 0 Å². The first-order valence-electron chi connectivity index (χ1n) is 21.2. The lowest BCUT2D eigenvalue weighted by atomic mass is 9.92. The van der Waals surface area contributed by atoms with Crippen LogP contribution in [0.5, 0.6) is 0 Å². The van der Waals surface area contributed by atoms with Gasteiger partial charge in [0.25, 0.3) is 0 Å². The van der Waals surface area contributed by atoms with Gasteiger partial charge in [-0.3, -0.25) is 9.05 Å². The summed E-state index contributed by atoms with van der Waals surface area (Å²) in [7, 11) is -4.83. The van der Waals surface area contributed by atoms with Gasteiger partial charge < -0.3 is 35.1 Å². The van der Waals surface area contributed by atoms with E-state index in [4.69, 9.17) is 29.0 Å². The Morgan fingerprint density at radius 1 is 0.915 bits per heavy atom. The molecule has 59 heavy (non-hydrogen) atoms. The molecular formula is C43H63FN5O9P. The molecule has 0 bridgehead atoms. The van der Waals surface area contributed by atoms with Gasteiger partial charge in [0.1, 0.15) is 36.3 Å². The van der Waals surface area contributed by atoms with Gasteiger partial charge in [-0.25, -0.2) is 13.5 Å². The van der Waals surface area contributed by atoms with Gasteiger partial charge >= 0.3 is 7.82 Å². The zero-order valence-electron chi connectivity index (χ0n) is 34.4. The zero-order chi connectivity index (χ0) is 42.5. The van der Waals surface area contributed by atoms with Gasteiger partial charge in [-0.1, -0.05) is 110 Å². The molecular weight excluding hydrogens is 780 g/mol. The Hall–Kier alpha value is -3.47. The number of hydrogen-bond acceptors (Lipinski definition) is 12. The number of nitrogens with two attached hydrogens (primary N) is 1. The van der Waals surface area contributed by atoms with E-state index in [9.17, 15) is 34.6 Å². The lowest BCUT2D eigenvalue weighted by Gasteiger charge is -2.24. The van der Waals surface area contributed by atoms with Gasteiger partial charge in [0, 0.05) is 12.8 Å². The third-order valence-electron chi connectivity index (χ3n) is 10.7. The second-order valence-corrected chi connectivity index (χ2v) is 16.9. The molecule has 3 aromatic rings. The van der Waals surface area contributed by atoms with Crippen molar-refractivity contribution in [1.82, 2.24) is 9.61 Å². The van der Waals surface area contributed by atoms with Crippen LogP contribution in [0.3, 0.4) is 0 Å². The van der Waals surface area contributed by atoms with E-state index in [1.807, 2.05) is 12.1 Å². The standard InChI is InChI=1S/C43H63FN5O9P/c1-2-3-4-5-6-7-8-9-10-11-12-13-14-15-16-17-18-23-54-29-36(55-28-34-24-33(27-45)25-35(44)26-34)30-56-59(52,53)57-31-39-41(50)42(51)43(32-46,58-39)40-20-19-38-37(47)21-22-48-49(38)40/h19-22,24-26,36,39,41-42,50-51H,2-18,23,28-31,47H2,1H3,(H,52,53)/t36-,39-,41-,42-,43+/m1/s1. The van der Waals surface area contributed by atoms with Crippen molar-refractivity contribution in [1.29, 1.82) is 10.5 Å². The van der Waals surface area contributed by atoms with Crippen LogP contribution in [0.15, 0.2) is 42.6 Å². The van der Waals surface area contributed by atoms with Crippen molar-refractivity contribution < 1.29 is 47.3 Å². The number of nitrogens with zero attached hydrogens (tertiary/aromatic N) is 4. The summed E-state index contributed by atoms with van der Waals surface area (Å²) < 4.78 is 56.4. The highest BCUT2D eigenvalue weighted by Gasteiger charge is 2.58. The van der Waals surface area contributed by atoms with Gasteiger partial charge in [-0.05, 0) is 48.4 Å². The lowest BCUT2D eigenvalue weighted by molar-refractivity contribution is -0.0690. The Morgan fingerprint density at radius 2 is 1.54 bits per heavy atom. The molecule has 0 aliphatic carbocycles. The van der Waals surface area contributed by atoms with E-state index in [1.165, 1.54) is 119 Å². The minimum atomic E-state index is -4.83. The largest absolute Gasteiger partial charge is 0.472 e. The molecule has 2 aromatic heterocycles. The molecule has 0 radical (unpaired) electrons. The zero-order valence-corrected chi connectivity index (χ0v) is 35.3. The first-order valence-corrected chi connectivity index (χ1v) is 22.7. The Bertz CT molecular complexity index is 1840. The van der Waals surface area contributed by atoms with Crippen molar-refractivity contribution in [2.75, 3.05) is 32.2 Å². The topological polar surface area (TPSA) is 215 Å². The third kappa shape index (κ3) is 15.2. The monoisotopic (exact) mass is 843 g/mol. The molecule has 1 aliphatic rings. The van der Waals surface area contributed by atoms with Crippen LogP contribution in [0, 0.1) is 28.5 Å². The molecule has 1 unspecified atom stereocenters. The summed E-state index contributed by atoms with van der Waals surface area (Å²) in [6.07, 6.45) is 17.1. The summed E-state index contributed by atoms with van der Waals surface area (Å²) in [5.74, 6) is -0.605. The number of phosphoric acid groups is 1. The van der Waals surface area contributed by atoms with Crippen LogP contribution in [-0.4, -0.2) is 75.6 Å². The Labute approximate surface area is 348 Å². The van der Waals surface area contributed by atoms with Crippen LogP contribution < -0.4 is 5.73 Å². The molecule has 0 saturated carbocycles. The highest BCUT2D eigenvalue weighted by molar-refractivity contribution is 7.47. The van der Waals surface area contributed by atoms with Crippen molar-refractivity contribution in [3.8, 4) is 12.1 Å². The summed E-state index contributed by atoms with van der Waals surface area (Å²) >= 11 is 0. The maximum Gasteiger partial charge on any atom is 0.472 e.